The van der Waals surface area contributed by atoms with Crippen molar-refractivity contribution in [1.82, 2.24) is 49.0 Å². The lowest BCUT2D eigenvalue weighted by molar-refractivity contribution is -0.121. The number of ether oxygens (including phenoxy) is 4. The Morgan fingerprint density at radius 1 is 0.747 bits per heavy atom. The summed E-state index contributed by atoms with van der Waals surface area (Å²) < 4.78 is 97.6. The molecule has 87 heavy (non-hydrogen) atoms. The van der Waals surface area contributed by atoms with Gasteiger partial charge in [-0.3, -0.25) is 56.3 Å². The zero-order valence-corrected chi connectivity index (χ0v) is 49.8. The van der Waals surface area contributed by atoms with Crippen LogP contribution in [0.1, 0.15) is 105 Å². The average Bonchev–Trinajstić information content (AvgIpc) is 1.94. The lowest BCUT2D eigenvalue weighted by atomic mass is 10.1. The third-order valence-electron chi connectivity index (χ3n) is 13.2. The van der Waals surface area contributed by atoms with Crippen molar-refractivity contribution in [3.05, 3.63) is 99.3 Å². The normalized spacial score (nSPS) is 24.1. The van der Waals surface area contributed by atoms with Gasteiger partial charge < -0.3 is 64.7 Å². The Balaban J connectivity index is 0.778. The summed E-state index contributed by atoms with van der Waals surface area (Å²) in [4.78, 5) is 130. The Morgan fingerprint density at radius 2 is 1.38 bits per heavy atom. The number of phosphoric ester groups is 2. The number of hydrogen-bond donors (Lipinski definition) is 11. The number of nitrogen functional groups attached to an aromatic ring is 1. The van der Waals surface area contributed by atoms with Crippen molar-refractivity contribution in [3.8, 4) is 23.7 Å². The molecule has 41 heteroatoms. The van der Waals surface area contributed by atoms with Crippen LogP contribution in [-0.4, -0.2) is 154 Å². The molecule has 478 valence electrons. The fourth-order valence-corrected chi connectivity index (χ4v) is 13.0. The van der Waals surface area contributed by atoms with Gasteiger partial charge in [-0.1, -0.05) is 35.3 Å². The number of phosphoric acid groups is 4. The van der Waals surface area contributed by atoms with Crippen molar-refractivity contribution in [1.29, 1.82) is 0 Å². The van der Waals surface area contributed by atoms with Gasteiger partial charge in [-0.2, -0.15) is 13.6 Å². The number of methoxy groups -OCH3 is 1. The average molecular weight is 1310 g/mol. The predicted molar refractivity (Wildman–Crippen MR) is 293 cm³/mol. The predicted octanol–water partition coefficient (Wildman–Crippen LogP) is -1.31. The lowest BCUT2D eigenvalue weighted by Gasteiger charge is -2.22. The maximum absolute atomic E-state index is 13.1. The monoisotopic (exact) mass is 1310 g/mol. The Labute approximate surface area is 491 Å². The Hall–Kier alpha value is -5.95. The summed E-state index contributed by atoms with van der Waals surface area (Å²) in [5.74, 6) is 10.6. The van der Waals surface area contributed by atoms with Gasteiger partial charge in [0.25, 0.3) is 11.1 Å². The van der Waals surface area contributed by atoms with Crippen LogP contribution in [0.3, 0.4) is 0 Å². The number of nitrogens with one attached hydrogen (secondary N) is 3. The minimum atomic E-state index is -5.79. The van der Waals surface area contributed by atoms with Gasteiger partial charge in [0.05, 0.1) is 49.8 Å². The van der Waals surface area contributed by atoms with Gasteiger partial charge in [-0.25, -0.2) is 32.6 Å². The zero-order chi connectivity index (χ0) is 63.4. The number of rotatable bonds is 28. The number of amides is 1. The molecule has 7 heterocycles. The van der Waals surface area contributed by atoms with Gasteiger partial charge in [0.2, 0.25) is 5.91 Å². The first kappa shape index (κ1) is 68.5. The summed E-state index contributed by atoms with van der Waals surface area (Å²) >= 11 is 0. The van der Waals surface area contributed by atoms with Gasteiger partial charge in [-0.05, 0) is 39.0 Å². The van der Waals surface area contributed by atoms with Gasteiger partial charge in [0.15, 0.2) is 0 Å². The molecular formula is C46H63N11O26P4. The smallest absolute Gasteiger partial charge is 0.394 e. The lowest BCUT2D eigenvalue weighted by Crippen LogP contribution is -2.33. The molecule has 7 rings (SSSR count). The number of carbonyl (C=O) groups is 1. The van der Waals surface area contributed by atoms with Crippen LogP contribution in [-0.2, 0) is 77.2 Å². The number of anilines is 1. The fourth-order valence-electron chi connectivity index (χ4n) is 9.01. The second kappa shape index (κ2) is 30.0. The third kappa shape index (κ3) is 20.0. The number of H-pyrrole nitrogens is 2. The van der Waals surface area contributed by atoms with Crippen LogP contribution < -0.4 is 39.2 Å². The molecule has 0 radical (unpaired) electrons. The second-order valence-electron chi connectivity index (χ2n) is 19.7. The zero-order valence-electron chi connectivity index (χ0n) is 46.2. The Bertz CT molecular complexity index is 3750. The van der Waals surface area contributed by atoms with Crippen molar-refractivity contribution in [2.45, 2.75) is 139 Å². The molecule has 3 fully saturated rings. The number of aromatic nitrogens is 9. The van der Waals surface area contributed by atoms with E-state index in [9.17, 15) is 71.9 Å². The highest BCUT2D eigenvalue weighted by atomic mass is 31.3. The summed E-state index contributed by atoms with van der Waals surface area (Å²) in [6.07, 6.45) is -0.605. The minimum Gasteiger partial charge on any atom is -0.394 e. The van der Waals surface area contributed by atoms with Crippen molar-refractivity contribution in [2.24, 2.45) is 0 Å². The van der Waals surface area contributed by atoms with Gasteiger partial charge in [0, 0.05) is 76.1 Å². The van der Waals surface area contributed by atoms with Crippen LogP contribution in [0.2, 0.25) is 0 Å². The quantitative estimate of drug-likeness (QED) is 0.0179. The number of hydrogen-bond acceptors (Lipinski definition) is 25. The molecule has 4 aromatic rings. The van der Waals surface area contributed by atoms with Crippen molar-refractivity contribution in [3.63, 3.8) is 0 Å². The molecular weight excluding hydrogens is 1250 g/mol. The molecule has 4 aromatic heterocycles. The first-order chi connectivity index (χ1) is 41.0. The van der Waals surface area contributed by atoms with E-state index in [1.807, 2.05) is 6.20 Å². The first-order valence-electron chi connectivity index (χ1n) is 26.4. The van der Waals surface area contributed by atoms with Crippen LogP contribution in [0.25, 0.3) is 0 Å². The number of carbonyl (C=O) groups excluding carboxylic acids is 1. The van der Waals surface area contributed by atoms with E-state index in [1.165, 1.54) is 32.6 Å². The Kier molecular flexibility index (Phi) is 23.7. The Morgan fingerprint density at radius 3 is 2.09 bits per heavy atom. The van der Waals surface area contributed by atoms with E-state index in [4.69, 9.17) is 43.5 Å². The number of nitrogens with zero attached hydrogens (tertiary/aromatic N) is 7. The summed E-state index contributed by atoms with van der Waals surface area (Å²) in [6.45, 7) is -0.220. The molecule has 0 spiro atoms. The molecule has 3 aliphatic rings. The molecule has 3 saturated heterocycles. The standard InChI is InChI=1S/C46H63N11O26P4/c1-27-20-55(45(64)50-42(27)61)40-19-33(34(24-58)78-40)81-85(69,70)76-26-36-32(75-2)18-39(80-36)57-22-29(43(62)51-46(57)65)11-6-3-4-7-13-30-23-54(53-52-30)16-9-5-8-14-37(60)48-15-10-12-28-21-56(44(63)49-41(28)47)38-17-31(59)35(79-38)25-77-86(71,72)83-87(73,74)82-84(66,67)68/h20-23,31-36,38-40,58-59H,3-5,7-9,13-19,24-26H2,1-2H3,(H,48,60)(H,69,70)(H,71,72)(H,73,74)(H2,47,49,63)(H,50,61,64)(H,51,62,65)(H2,66,67,68)/t31?,32?,33?,34-,35-,36-,38-,39-,40-/m1/s1. The van der Waals surface area contributed by atoms with Gasteiger partial charge in [-0.15, -0.1) is 5.10 Å². The van der Waals surface area contributed by atoms with Crippen molar-refractivity contribution in [2.75, 3.05) is 39.2 Å². The SMILES string of the molecule is COC1C[C@H](n2cc(C#CCCCCc3cn(CCCCCC(=O)NCC#Cc4cn([C@H]5CC(O)[C@@H](COP(=O)(O)OP(=O)(O)OP(=O)(O)O)O5)c(=O)nc4N)nn3)c(=O)[nH]c2=O)O[C@@H]1COP(=O)(O)OC1C[C@H](n2cc(C)c(=O)[nH]c2=O)O[C@@H]1CO. The topological polar surface area (TPSA) is 523 Å². The van der Waals surface area contributed by atoms with Gasteiger partial charge >= 0.3 is 48.4 Å². The molecule has 12 N–H and O–H groups in total. The van der Waals surface area contributed by atoms with Crippen LogP contribution in [0, 0.1) is 30.6 Å². The van der Waals surface area contributed by atoms with Crippen molar-refractivity contribution >= 4 is 43.0 Å². The van der Waals surface area contributed by atoms with E-state index in [-0.39, 0.29) is 60.6 Å². The van der Waals surface area contributed by atoms with E-state index >= 15 is 0 Å². The number of aryl methyl sites for hydroxylation is 3. The van der Waals surface area contributed by atoms with Crippen LogP contribution in [0.5, 0.6) is 0 Å². The maximum Gasteiger partial charge on any atom is 0.490 e. The number of aliphatic hydroxyl groups excluding tert-OH is 2. The number of aliphatic hydroxyl groups is 2. The highest BCUT2D eigenvalue weighted by molar-refractivity contribution is 7.66. The van der Waals surface area contributed by atoms with E-state index in [0.717, 1.165) is 19.4 Å². The number of unbranched alkanes of at least 4 members (excludes halogenated alkanes) is 4. The molecule has 0 saturated carbocycles. The maximum atomic E-state index is 13.1. The largest absolute Gasteiger partial charge is 0.490 e. The minimum absolute atomic E-state index is 0.0129. The van der Waals surface area contributed by atoms with E-state index in [1.54, 1.807) is 4.68 Å². The van der Waals surface area contributed by atoms with E-state index < -0.39 is 135 Å². The number of aromatic amines is 2. The molecule has 0 aliphatic carbocycles. The van der Waals surface area contributed by atoms with Gasteiger partial charge in [0.1, 0.15) is 54.5 Å². The summed E-state index contributed by atoms with van der Waals surface area (Å²) in [6, 6.07) is 0. The first-order valence-corrected chi connectivity index (χ1v) is 32.4. The second-order valence-corrected chi connectivity index (χ2v) is 25.5. The molecule has 1 amide bonds. The highest BCUT2D eigenvalue weighted by Gasteiger charge is 2.45. The van der Waals surface area contributed by atoms with Crippen LogP contribution in [0.4, 0.5) is 5.82 Å². The van der Waals surface area contributed by atoms with Crippen LogP contribution in [0.15, 0.2) is 48.8 Å². The molecule has 0 bridgehead atoms. The summed E-state index contributed by atoms with van der Waals surface area (Å²) in [7, 11) is -20.5. The molecule has 12 atom stereocenters. The van der Waals surface area contributed by atoms with E-state index in [2.05, 4.69) is 67.4 Å². The molecule has 3 aliphatic heterocycles. The molecule has 0 aromatic carbocycles. The van der Waals surface area contributed by atoms with Crippen LogP contribution >= 0.6 is 31.3 Å². The van der Waals surface area contributed by atoms with E-state index in [0.29, 0.717) is 51.5 Å². The number of nitrogens with two attached hydrogens (primary N) is 1. The summed E-state index contributed by atoms with van der Waals surface area (Å²) in [5.41, 5.74) is 3.04. The molecule has 6 unspecified atom stereocenters. The molecule has 37 nitrogen and oxygen atoms in total. The highest BCUT2D eigenvalue weighted by Crippen LogP contribution is 2.66. The van der Waals surface area contributed by atoms with Crippen molar-refractivity contribution < 1.29 is 98.9 Å². The third-order valence-corrected chi connectivity index (χ3v) is 18.1. The fraction of sp³-hybridized carbons (Fsp3) is 0.587. The summed E-state index contributed by atoms with van der Waals surface area (Å²) in [5, 5.41) is 31.4.